The number of hydrogen-bond acceptors (Lipinski definition) is 5. The predicted molar refractivity (Wildman–Crippen MR) is 123 cm³/mol. The Morgan fingerprint density at radius 3 is 2.54 bits per heavy atom. The lowest BCUT2D eigenvalue weighted by molar-refractivity contribution is -0.133. The number of rotatable bonds is 10. The Balaban J connectivity index is 0.00000392. The molecule has 1 aromatic heterocycles. The van der Waals surface area contributed by atoms with Crippen molar-refractivity contribution in [3.05, 3.63) is 11.7 Å². The van der Waals surface area contributed by atoms with Crippen molar-refractivity contribution in [1.82, 2.24) is 20.8 Å². The highest BCUT2D eigenvalue weighted by Crippen LogP contribution is 2.48. The molecule has 1 saturated carbocycles. The minimum atomic E-state index is 0. The monoisotopic (exact) mass is 507 g/mol. The molecule has 1 aliphatic rings. The molecule has 0 aromatic carbocycles. The number of nitrogens with zero attached hydrogens (tertiary/aromatic N) is 3. The molecule has 2 unspecified atom stereocenters. The molecule has 0 radical (unpaired) electrons. The minimum Gasteiger partial charge on any atom is -0.378 e. The summed E-state index contributed by atoms with van der Waals surface area (Å²) in [6.07, 6.45) is 4.22. The van der Waals surface area contributed by atoms with Crippen molar-refractivity contribution < 1.29 is 9.26 Å². The van der Waals surface area contributed by atoms with Gasteiger partial charge in [0.05, 0.1) is 12.6 Å². The van der Waals surface area contributed by atoms with Crippen molar-refractivity contribution in [3.63, 3.8) is 0 Å². The lowest BCUT2D eigenvalue weighted by atomic mass is 9.58. The zero-order chi connectivity index (χ0) is 19.9. The van der Waals surface area contributed by atoms with E-state index in [2.05, 4.69) is 62.3 Å². The molecule has 162 valence electrons. The molecule has 0 saturated heterocycles. The summed E-state index contributed by atoms with van der Waals surface area (Å²) in [4.78, 5) is 9.13. The van der Waals surface area contributed by atoms with E-state index in [0.29, 0.717) is 31.0 Å². The Bertz CT molecular complexity index is 601. The van der Waals surface area contributed by atoms with Crippen LogP contribution in [-0.4, -0.2) is 47.9 Å². The molecule has 2 atom stereocenters. The number of hydrogen-bond donors (Lipinski definition) is 2. The maximum absolute atomic E-state index is 5.98. The summed E-state index contributed by atoms with van der Waals surface area (Å²) >= 11 is 0. The second-order valence-electron chi connectivity index (χ2n) is 7.53. The normalized spacial score (nSPS) is 21.2. The zero-order valence-electron chi connectivity index (χ0n) is 18.2. The molecule has 0 amide bonds. The van der Waals surface area contributed by atoms with Crippen LogP contribution in [0.25, 0.3) is 0 Å². The van der Waals surface area contributed by atoms with Crippen LogP contribution in [0.5, 0.6) is 0 Å². The van der Waals surface area contributed by atoms with E-state index in [9.17, 15) is 0 Å². The molecular weight excluding hydrogens is 469 g/mol. The van der Waals surface area contributed by atoms with Gasteiger partial charge in [-0.25, -0.2) is 0 Å². The molecule has 28 heavy (non-hydrogen) atoms. The Labute approximate surface area is 186 Å². The standard InChI is InChI=1S/C20H37N5O2.HI/c1-7-20(8-2)15(13-16(20)26-10-4)23-19(21-9-3)22-12-11-17-24-18(14(5)6)25-27-17;/h14-16H,7-13H2,1-6H3,(H2,21,22,23);1H. The van der Waals surface area contributed by atoms with Gasteiger partial charge in [0, 0.05) is 36.9 Å². The largest absolute Gasteiger partial charge is 0.378 e. The molecule has 1 heterocycles. The Hall–Kier alpha value is -0.900. The van der Waals surface area contributed by atoms with Gasteiger partial charge in [-0.1, -0.05) is 32.9 Å². The van der Waals surface area contributed by atoms with Crippen LogP contribution in [0, 0.1) is 5.41 Å². The van der Waals surface area contributed by atoms with Gasteiger partial charge in [0.1, 0.15) is 0 Å². The number of ether oxygens (including phenoxy) is 1. The number of aliphatic imine (C=N–C) groups is 1. The Morgan fingerprint density at radius 1 is 1.29 bits per heavy atom. The van der Waals surface area contributed by atoms with E-state index < -0.39 is 0 Å². The first-order valence-electron chi connectivity index (χ1n) is 10.5. The van der Waals surface area contributed by atoms with Gasteiger partial charge in [0.2, 0.25) is 5.89 Å². The summed E-state index contributed by atoms with van der Waals surface area (Å²) in [5.41, 5.74) is 0.185. The highest BCUT2D eigenvalue weighted by Gasteiger charge is 2.53. The van der Waals surface area contributed by atoms with Crippen molar-refractivity contribution in [1.29, 1.82) is 0 Å². The molecule has 1 aliphatic carbocycles. The van der Waals surface area contributed by atoms with Crippen LogP contribution < -0.4 is 10.6 Å². The maximum atomic E-state index is 5.98. The van der Waals surface area contributed by atoms with Gasteiger partial charge in [0.15, 0.2) is 11.8 Å². The summed E-state index contributed by atoms with van der Waals surface area (Å²) in [6.45, 7) is 15.0. The van der Waals surface area contributed by atoms with E-state index in [0.717, 1.165) is 44.2 Å². The van der Waals surface area contributed by atoms with Crippen molar-refractivity contribution in [2.75, 3.05) is 19.7 Å². The fourth-order valence-electron chi connectivity index (χ4n) is 3.94. The van der Waals surface area contributed by atoms with Gasteiger partial charge in [-0.3, -0.25) is 4.99 Å². The van der Waals surface area contributed by atoms with Crippen molar-refractivity contribution in [3.8, 4) is 0 Å². The topological polar surface area (TPSA) is 84.6 Å². The first-order chi connectivity index (χ1) is 13.0. The highest BCUT2D eigenvalue weighted by atomic mass is 127. The molecule has 8 heteroatoms. The van der Waals surface area contributed by atoms with Crippen molar-refractivity contribution >= 4 is 29.9 Å². The van der Waals surface area contributed by atoms with Gasteiger partial charge in [-0.05, 0) is 33.1 Å². The number of halogens is 1. The predicted octanol–water partition coefficient (Wildman–Crippen LogP) is 3.89. The SMILES string of the molecule is CCNC(=NCCc1nc(C(C)C)no1)NC1CC(OCC)C1(CC)CC.I. The number of guanidine groups is 1. The molecule has 0 bridgehead atoms. The molecular formula is C20H38IN5O2. The first-order valence-corrected chi connectivity index (χ1v) is 10.5. The van der Waals surface area contributed by atoms with E-state index >= 15 is 0 Å². The average Bonchev–Trinajstić information content (AvgIpc) is 3.11. The average molecular weight is 507 g/mol. The van der Waals surface area contributed by atoms with Crippen LogP contribution in [0.3, 0.4) is 0 Å². The van der Waals surface area contributed by atoms with Gasteiger partial charge in [-0.15, -0.1) is 24.0 Å². The summed E-state index contributed by atoms with van der Waals surface area (Å²) in [6, 6.07) is 0.387. The van der Waals surface area contributed by atoms with E-state index in [-0.39, 0.29) is 35.3 Å². The maximum Gasteiger partial charge on any atom is 0.228 e. The van der Waals surface area contributed by atoms with E-state index in [1.54, 1.807) is 0 Å². The molecule has 0 aliphatic heterocycles. The fourth-order valence-corrected chi connectivity index (χ4v) is 3.94. The molecule has 1 aromatic rings. The quantitative estimate of drug-likeness (QED) is 0.284. The highest BCUT2D eigenvalue weighted by molar-refractivity contribution is 14.0. The lowest BCUT2D eigenvalue weighted by Crippen LogP contribution is -2.65. The van der Waals surface area contributed by atoms with Crippen LogP contribution in [0.1, 0.15) is 78.4 Å². The van der Waals surface area contributed by atoms with Gasteiger partial charge >= 0.3 is 0 Å². The summed E-state index contributed by atoms with van der Waals surface area (Å²) in [5, 5.41) is 11.0. The fraction of sp³-hybridized carbons (Fsp3) is 0.850. The number of nitrogens with one attached hydrogen (secondary N) is 2. The third kappa shape index (κ3) is 5.81. The van der Waals surface area contributed by atoms with E-state index in [1.165, 1.54) is 0 Å². The number of aromatic nitrogens is 2. The molecule has 7 nitrogen and oxygen atoms in total. The summed E-state index contributed by atoms with van der Waals surface area (Å²) in [5.74, 6) is 2.53. The Morgan fingerprint density at radius 2 is 2.00 bits per heavy atom. The third-order valence-electron chi connectivity index (χ3n) is 5.72. The summed E-state index contributed by atoms with van der Waals surface area (Å²) < 4.78 is 11.3. The third-order valence-corrected chi connectivity index (χ3v) is 5.72. The second-order valence-corrected chi connectivity index (χ2v) is 7.53. The van der Waals surface area contributed by atoms with Crippen LogP contribution in [-0.2, 0) is 11.2 Å². The van der Waals surface area contributed by atoms with Gasteiger partial charge in [-0.2, -0.15) is 4.98 Å². The second kappa shape index (κ2) is 11.9. The van der Waals surface area contributed by atoms with Crippen LogP contribution in [0.2, 0.25) is 0 Å². The van der Waals surface area contributed by atoms with Crippen molar-refractivity contribution in [2.24, 2.45) is 10.4 Å². The summed E-state index contributed by atoms with van der Waals surface area (Å²) in [7, 11) is 0. The lowest BCUT2D eigenvalue weighted by Gasteiger charge is -2.55. The zero-order valence-corrected chi connectivity index (χ0v) is 20.6. The van der Waals surface area contributed by atoms with E-state index in [1.807, 2.05) is 0 Å². The van der Waals surface area contributed by atoms with Crippen LogP contribution >= 0.6 is 24.0 Å². The van der Waals surface area contributed by atoms with Crippen LogP contribution in [0.15, 0.2) is 9.52 Å². The first kappa shape index (κ1) is 25.1. The Kier molecular flexibility index (Phi) is 10.7. The van der Waals surface area contributed by atoms with Crippen LogP contribution in [0.4, 0.5) is 0 Å². The minimum absolute atomic E-state index is 0. The van der Waals surface area contributed by atoms with E-state index in [4.69, 9.17) is 14.3 Å². The molecule has 1 fully saturated rings. The van der Waals surface area contributed by atoms with Crippen molar-refractivity contribution in [2.45, 2.75) is 85.3 Å². The smallest absolute Gasteiger partial charge is 0.228 e. The molecule has 2 N–H and O–H groups in total. The van der Waals surface area contributed by atoms with Gasteiger partial charge in [0.25, 0.3) is 0 Å². The molecule has 0 spiro atoms. The molecule has 2 rings (SSSR count). The van der Waals surface area contributed by atoms with Gasteiger partial charge < -0.3 is 19.9 Å².